The molecule has 0 unspecified atom stereocenters. The fraction of sp³-hybridized carbons (Fsp3) is 0.143. The van der Waals surface area contributed by atoms with Crippen molar-refractivity contribution in [2.75, 3.05) is 5.32 Å². The summed E-state index contributed by atoms with van der Waals surface area (Å²) in [5.41, 5.74) is 2.69. The summed E-state index contributed by atoms with van der Waals surface area (Å²) >= 11 is 6.39. The van der Waals surface area contributed by atoms with Crippen LogP contribution in [0.4, 0.5) is 24.5 Å². The quantitative estimate of drug-likeness (QED) is 0.294. The lowest BCUT2D eigenvalue weighted by Gasteiger charge is -2.14. The summed E-state index contributed by atoms with van der Waals surface area (Å²) < 4.78 is 38.9. The highest BCUT2D eigenvalue weighted by Gasteiger charge is 2.31. The van der Waals surface area contributed by atoms with Crippen LogP contribution in [0, 0.1) is 13.8 Å². The molecule has 29 heavy (non-hydrogen) atoms. The van der Waals surface area contributed by atoms with Crippen LogP contribution >= 0.6 is 11.6 Å². The summed E-state index contributed by atoms with van der Waals surface area (Å²) in [5, 5.41) is 16.1. The first-order chi connectivity index (χ1) is 13.7. The molecular formula is C21H17ClF3N3O. The Balaban J connectivity index is 1.94. The van der Waals surface area contributed by atoms with Crippen molar-refractivity contribution in [1.82, 2.24) is 4.98 Å². The van der Waals surface area contributed by atoms with E-state index in [9.17, 15) is 18.4 Å². The van der Waals surface area contributed by atoms with Crippen LogP contribution in [0.25, 0.3) is 0 Å². The third-order valence-electron chi connectivity index (χ3n) is 4.42. The number of aryl methyl sites for hydroxylation is 2. The zero-order valence-corrected chi connectivity index (χ0v) is 16.3. The van der Waals surface area contributed by atoms with Gasteiger partial charge in [0.1, 0.15) is 5.71 Å². The van der Waals surface area contributed by atoms with E-state index >= 15 is 0 Å². The number of hydrogen-bond donors (Lipinski definition) is 2. The predicted octanol–water partition coefficient (Wildman–Crippen LogP) is 6.34. The average molecular weight is 420 g/mol. The maximum Gasteiger partial charge on any atom is 0.417 e. The molecule has 2 N–H and O–H groups in total. The zero-order chi connectivity index (χ0) is 21.2. The molecule has 0 aliphatic rings. The second-order valence-electron chi connectivity index (χ2n) is 6.44. The van der Waals surface area contributed by atoms with Gasteiger partial charge in [0.2, 0.25) is 0 Å². The number of nitrogens with zero attached hydrogens (tertiary/aromatic N) is 2. The van der Waals surface area contributed by atoms with Crippen molar-refractivity contribution in [3.63, 3.8) is 0 Å². The summed E-state index contributed by atoms with van der Waals surface area (Å²) in [4.78, 5) is 3.80. The molecule has 3 aromatic rings. The molecule has 0 saturated carbocycles. The zero-order valence-electron chi connectivity index (χ0n) is 15.5. The summed E-state index contributed by atoms with van der Waals surface area (Å²) in [6.07, 6.45) is -3.69. The van der Waals surface area contributed by atoms with E-state index in [0.29, 0.717) is 22.7 Å². The van der Waals surface area contributed by atoms with Crippen LogP contribution in [0.5, 0.6) is 0 Å². The molecule has 0 fully saturated rings. The highest BCUT2D eigenvalue weighted by atomic mass is 35.5. The van der Waals surface area contributed by atoms with Gasteiger partial charge >= 0.3 is 6.18 Å². The Kier molecular flexibility index (Phi) is 5.79. The summed E-state index contributed by atoms with van der Waals surface area (Å²) in [6.45, 7) is 3.49. The lowest BCUT2D eigenvalue weighted by Crippen LogP contribution is -2.08. The van der Waals surface area contributed by atoms with Crippen molar-refractivity contribution in [3.05, 3.63) is 87.7 Å². The maximum absolute atomic E-state index is 13.0. The molecule has 4 nitrogen and oxygen atoms in total. The van der Waals surface area contributed by atoms with Crippen LogP contribution in [-0.2, 0) is 6.18 Å². The Hall–Kier alpha value is -3.06. The monoisotopic (exact) mass is 419 g/mol. The van der Waals surface area contributed by atoms with E-state index in [1.54, 1.807) is 25.1 Å². The summed E-state index contributed by atoms with van der Waals surface area (Å²) in [6, 6.07) is 13.2. The van der Waals surface area contributed by atoms with Crippen LogP contribution in [0.2, 0.25) is 5.02 Å². The van der Waals surface area contributed by atoms with Gasteiger partial charge < -0.3 is 10.5 Å². The number of anilines is 2. The number of halogens is 4. The van der Waals surface area contributed by atoms with Gasteiger partial charge in [-0.05, 0) is 43.7 Å². The van der Waals surface area contributed by atoms with E-state index in [1.165, 1.54) is 0 Å². The number of pyridine rings is 1. The Morgan fingerprint density at radius 2 is 1.79 bits per heavy atom. The fourth-order valence-electron chi connectivity index (χ4n) is 2.85. The largest absolute Gasteiger partial charge is 0.417 e. The molecule has 1 heterocycles. The van der Waals surface area contributed by atoms with Gasteiger partial charge in [0.25, 0.3) is 0 Å². The summed E-state index contributed by atoms with van der Waals surface area (Å²) in [7, 11) is 0. The normalized spacial score (nSPS) is 12.1. The lowest BCUT2D eigenvalue weighted by atomic mass is 9.98. The molecule has 2 aromatic carbocycles. The van der Waals surface area contributed by atoms with E-state index in [2.05, 4.69) is 15.5 Å². The van der Waals surface area contributed by atoms with E-state index in [4.69, 9.17) is 11.6 Å². The Morgan fingerprint density at radius 1 is 1.07 bits per heavy atom. The van der Waals surface area contributed by atoms with Crippen molar-refractivity contribution in [2.24, 2.45) is 5.16 Å². The van der Waals surface area contributed by atoms with Crippen molar-refractivity contribution in [2.45, 2.75) is 20.0 Å². The van der Waals surface area contributed by atoms with Gasteiger partial charge in [0.15, 0.2) is 0 Å². The SMILES string of the molecule is Cc1ccccc1C(=NO)c1ccc(Nc2cc(C(F)(F)F)cnc2C)cc1Cl. The topological polar surface area (TPSA) is 57.5 Å². The van der Waals surface area contributed by atoms with Crippen molar-refractivity contribution >= 4 is 28.7 Å². The van der Waals surface area contributed by atoms with E-state index < -0.39 is 11.7 Å². The molecule has 0 radical (unpaired) electrons. The molecule has 3 rings (SSSR count). The first kappa shape index (κ1) is 20.7. The minimum Gasteiger partial charge on any atom is -0.410 e. The lowest BCUT2D eigenvalue weighted by molar-refractivity contribution is -0.137. The van der Waals surface area contributed by atoms with Crippen LogP contribution < -0.4 is 5.32 Å². The van der Waals surface area contributed by atoms with Crippen LogP contribution in [0.3, 0.4) is 0 Å². The molecule has 150 valence electrons. The first-order valence-corrected chi connectivity index (χ1v) is 8.97. The number of oxime groups is 1. The Morgan fingerprint density at radius 3 is 2.41 bits per heavy atom. The van der Waals surface area contributed by atoms with E-state index in [0.717, 1.165) is 23.4 Å². The Labute approximate surface area is 170 Å². The minimum atomic E-state index is -4.49. The molecule has 0 amide bonds. The van der Waals surface area contributed by atoms with Crippen molar-refractivity contribution < 1.29 is 18.4 Å². The minimum absolute atomic E-state index is 0.221. The van der Waals surface area contributed by atoms with Gasteiger partial charge in [-0.15, -0.1) is 0 Å². The number of nitrogens with one attached hydrogen (secondary N) is 1. The molecule has 0 spiro atoms. The molecule has 1 aromatic heterocycles. The van der Waals surface area contributed by atoms with Crippen molar-refractivity contribution in [1.29, 1.82) is 0 Å². The van der Waals surface area contributed by atoms with Gasteiger partial charge in [-0.25, -0.2) is 0 Å². The van der Waals surface area contributed by atoms with Crippen LogP contribution in [-0.4, -0.2) is 15.9 Å². The number of aromatic nitrogens is 1. The van der Waals surface area contributed by atoms with Gasteiger partial charge in [0, 0.05) is 23.0 Å². The molecule has 0 aliphatic heterocycles. The van der Waals surface area contributed by atoms with E-state index in [1.807, 2.05) is 31.2 Å². The first-order valence-electron chi connectivity index (χ1n) is 8.59. The van der Waals surface area contributed by atoms with E-state index in [-0.39, 0.29) is 10.7 Å². The number of hydrogen-bond acceptors (Lipinski definition) is 4. The standard InChI is InChI=1S/C21H17ClF3N3O/c1-12-5-3-4-6-16(12)20(28-29)17-8-7-15(10-18(17)22)27-19-9-14(21(23,24)25)11-26-13(19)2/h3-11,27,29H,1-2H3. The second kappa shape index (κ2) is 8.13. The third kappa shape index (κ3) is 4.51. The van der Waals surface area contributed by atoms with Crippen LogP contribution in [0.15, 0.2) is 59.9 Å². The fourth-order valence-corrected chi connectivity index (χ4v) is 3.12. The molecule has 0 bridgehead atoms. The average Bonchev–Trinajstić information content (AvgIpc) is 2.66. The predicted molar refractivity (Wildman–Crippen MR) is 107 cm³/mol. The highest BCUT2D eigenvalue weighted by molar-refractivity contribution is 6.35. The molecule has 0 atom stereocenters. The molecule has 0 aliphatic carbocycles. The smallest absolute Gasteiger partial charge is 0.410 e. The second-order valence-corrected chi connectivity index (χ2v) is 6.85. The molecular weight excluding hydrogens is 403 g/mol. The molecule has 8 heteroatoms. The van der Waals surface area contributed by atoms with Gasteiger partial charge in [-0.1, -0.05) is 41.0 Å². The summed E-state index contributed by atoms with van der Waals surface area (Å²) in [5.74, 6) is 0. The maximum atomic E-state index is 13.0. The highest BCUT2D eigenvalue weighted by Crippen LogP contribution is 2.33. The molecule has 0 saturated heterocycles. The third-order valence-corrected chi connectivity index (χ3v) is 4.73. The van der Waals surface area contributed by atoms with Gasteiger partial charge in [-0.2, -0.15) is 13.2 Å². The van der Waals surface area contributed by atoms with Crippen molar-refractivity contribution in [3.8, 4) is 0 Å². The number of alkyl halides is 3. The van der Waals surface area contributed by atoms with Gasteiger partial charge in [-0.3, -0.25) is 4.98 Å². The van der Waals surface area contributed by atoms with Crippen LogP contribution in [0.1, 0.15) is 27.9 Å². The Bertz CT molecular complexity index is 1080. The number of benzene rings is 2. The number of rotatable bonds is 4. The van der Waals surface area contributed by atoms with Gasteiger partial charge in [0.05, 0.1) is 22.0 Å².